The number of nitrogens with one attached hydrogen (secondary N) is 1. The van der Waals surface area contributed by atoms with E-state index in [1.165, 1.54) is 18.5 Å². The van der Waals surface area contributed by atoms with E-state index in [2.05, 4.69) is 45.1 Å². The highest BCUT2D eigenvalue weighted by atomic mass is 35.5. The van der Waals surface area contributed by atoms with E-state index in [0.29, 0.717) is 28.9 Å². The zero-order chi connectivity index (χ0) is 27.2. The minimum Gasteiger partial charge on any atom is -0.487 e. The molecule has 0 amide bonds. The first-order chi connectivity index (χ1) is 19.0. The number of halogens is 2. The molecule has 6 nitrogen and oxygen atoms in total. The third kappa shape index (κ3) is 6.44. The number of fused-ring (bicyclic) bond motifs is 1. The molecule has 2 aromatic heterocycles. The Balaban J connectivity index is 1.34. The molecule has 0 aliphatic carbocycles. The fraction of sp³-hybridized carbons (Fsp3) is 0.194. The Labute approximate surface area is 231 Å². The molecule has 5 rings (SSSR count). The minimum absolute atomic E-state index is 0.210. The molecule has 198 valence electrons. The van der Waals surface area contributed by atoms with Gasteiger partial charge in [-0.25, -0.2) is 14.4 Å². The smallest absolute Gasteiger partial charge is 0.141 e. The standard InChI is InChI=1S/C31H28ClFN4O2/c1-2-21(11-13-38)17-37-12-10-24(18-37)23-6-8-29-27(15-23)31(35-20-34-29)36-26-7-9-30(28(32)16-26)39-19-22-4-3-5-25(33)14-22/h3-10,12-16,18,20-21H,2,11,17,19H2,1H3,(H,34,35,36). The molecule has 1 N–H and O–H groups in total. The van der Waals surface area contributed by atoms with E-state index in [4.69, 9.17) is 16.3 Å². The van der Waals surface area contributed by atoms with Crippen molar-refractivity contribution in [1.82, 2.24) is 14.5 Å². The van der Waals surface area contributed by atoms with Crippen LogP contribution in [-0.2, 0) is 17.9 Å². The van der Waals surface area contributed by atoms with Gasteiger partial charge in [0, 0.05) is 36.4 Å². The first-order valence-electron chi connectivity index (χ1n) is 12.8. The van der Waals surface area contributed by atoms with Crippen LogP contribution in [0.1, 0.15) is 25.3 Å². The number of hydrogen-bond acceptors (Lipinski definition) is 5. The summed E-state index contributed by atoms with van der Waals surface area (Å²) in [5.74, 6) is 1.18. The number of aldehydes is 1. The number of carbonyl (C=O) groups is 1. The molecule has 0 bridgehead atoms. The van der Waals surface area contributed by atoms with Gasteiger partial charge in [0.15, 0.2) is 0 Å². The Morgan fingerprint density at radius 3 is 2.77 bits per heavy atom. The second kappa shape index (κ2) is 12.1. The summed E-state index contributed by atoms with van der Waals surface area (Å²) in [6.45, 7) is 3.13. The van der Waals surface area contributed by atoms with Crippen molar-refractivity contribution in [2.45, 2.75) is 32.9 Å². The number of anilines is 2. The molecule has 0 radical (unpaired) electrons. The summed E-state index contributed by atoms with van der Waals surface area (Å²) in [6.07, 6.45) is 8.20. The van der Waals surface area contributed by atoms with E-state index in [1.807, 2.05) is 24.4 Å². The highest BCUT2D eigenvalue weighted by Crippen LogP contribution is 2.32. The third-order valence-electron chi connectivity index (χ3n) is 6.67. The predicted octanol–water partition coefficient (Wildman–Crippen LogP) is 7.83. The normalized spacial score (nSPS) is 11.9. The first-order valence-corrected chi connectivity index (χ1v) is 13.2. The van der Waals surface area contributed by atoms with Crippen LogP contribution in [0.25, 0.3) is 22.0 Å². The van der Waals surface area contributed by atoms with Crippen molar-refractivity contribution in [2.24, 2.45) is 5.92 Å². The van der Waals surface area contributed by atoms with Crippen LogP contribution < -0.4 is 10.1 Å². The molecule has 0 saturated heterocycles. The molecule has 3 aromatic carbocycles. The maximum Gasteiger partial charge on any atom is 0.141 e. The van der Waals surface area contributed by atoms with Gasteiger partial charge >= 0.3 is 0 Å². The Morgan fingerprint density at radius 2 is 1.97 bits per heavy atom. The largest absolute Gasteiger partial charge is 0.487 e. The monoisotopic (exact) mass is 542 g/mol. The zero-order valence-electron chi connectivity index (χ0n) is 21.5. The maximum absolute atomic E-state index is 13.4. The summed E-state index contributed by atoms with van der Waals surface area (Å²) in [7, 11) is 0. The summed E-state index contributed by atoms with van der Waals surface area (Å²) >= 11 is 6.49. The van der Waals surface area contributed by atoms with Crippen molar-refractivity contribution < 1.29 is 13.9 Å². The highest BCUT2D eigenvalue weighted by Gasteiger charge is 2.11. The van der Waals surface area contributed by atoms with Gasteiger partial charge in [-0.2, -0.15) is 0 Å². The van der Waals surface area contributed by atoms with Gasteiger partial charge < -0.3 is 19.4 Å². The van der Waals surface area contributed by atoms with Gasteiger partial charge in [-0.3, -0.25) is 0 Å². The van der Waals surface area contributed by atoms with Gasteiger partial charge in [-0.05, 0) is 71.1 Å². The maximum atomic E-state index is 13.4. The Kier molecular flexibility index (Phi) is 8.18. The van der Waals surface area contributed by atoms with Crippen molar-refractivity contribution in [3.05, 3.63) is 102 Å². The molecule has 1 atom stereocenters. The summed E-state index contributed by atoms with van der Waals surface area (Å²) in [6, 6.07) is 19.8. The van der Waals surface area contributed by atoms with E-state index < -0.39 is 0 Å². The number of carbonyl (C=O) groups excluding carboxylic acids is 1. The second-order valence-corrected chi connectivity index (χ2v) is 9.82. The summed E-state index contributed by atoms with van der Waals surface area (Å²) in [5, 5.41) is 4.65. The lowest BCUT2D eigenvalue weighted by molar-refractivity contribution is -0.108. The van der Waals surface area contributed by atoms with Crippen molar-refractivity contribution in [3.8, 4) is 16.9 Å². The van der Waals surface area contributed by atoms with Gasteiger partial charge in [-0.1, -0.05) is 43.1 Å². The van der Waals surface area contributed by atoms with E-state index in [9.17, 15) is 9.18 Å². The van der Waals surface area contributed by atoms with Crippen molar-refractivity contribution in [2.75, 3.05) is 5.32 Å². The van der Waals surface area contributed by atoms with Crippen LogP contribution in [0.2, 0.25) is 5.02 Å². The Hall–Kier alpha value is -4.23. The van der Waals surface area contributed by atoms with Gasteiger partial charge in [0.2, 0.25) is 0 Å². The number of rotatable bonds is 11. The van der Waals surface area contributed by atoms with Gasteiger partial charge in [0.1, 0.15) is 36.6 Å². The van der Waals surface area contributed by atoms with Crippen molar-refractivity contribution in [3.63, 3.8) is 0 Å². The molecule has 2 heterocycles. The van der Waals surface area contributed by atoms with Gasteiger partial charge in [0.25, 0.3) is 0 Å². The molecule has 1 unspecified atom stereocenters. The lowest BCUT2D eigenvalue weighted by Crippen LogP contribution is -2.08. The molecule has 0 aliphatic rings. The van der Waals surface area contributed by atoms with Crippen LogP contribution in [-0.4, -0.2) is 20.8 Å². The number of aromatic nitrogens is 3. The Morgan fingerprint density at radius 1 is 1.08 bits per heavy atom. The molecule has 0 saturated carbocycles. The lowest BCUT2D eigenvalue weighted by Gasteiger charge is -2.13. The third-order valence-corrected chi connectivity index (χ3v) is 6.97. The Bertz CT molecular complexity index is 1600. The molecule has 0 fully saturated rings. The van der Waals surface area contributed by atoms with Crippen LogP contribution in [0.3, 0.4) is 0 Å². The van der Waals surface area contributed by atoms with Crippen LogP contribution in [0.15, 0.2) is 85.5 Å². The van der Waals surface area contributed by atoms with Crippen LogP contribution in [0, 0.1) is 11.7 Å². The van der Waals surface area contributed by atoms with E-state index >= 15 is 0 Å². The molecule has 39 heavy (non-hydrogen) atoms. The van der Waals surface area contributed by atoms with Gasteiger partial charge in [-0.15, -0.1) is 0 Å². The van der Waals surface area contributed by atoms with Crippen LogP contribution >= 0.6 is 11.6 Å². The van der Waals surface area contributed by atoms with E-state index in [1.54, 1.807) is 24.3 Å². The summed E-state index contributed by atoms with van der Waals surface area (Å²) in [5.41, 5.74) is 4.40. The van der Waals surface area contributed by atoms with Crippen LogP contribution in [0.4, 0.5) is 15.9 Å². The predicted molar refractivity (Wildman–Crippen MR) is 153 cm³/mol. The molecule has 0 aliphatic heterocycles. The SMILES string of the molecule is CCC(CC=O)Cn1ccc(-c2ccc3ncnc(Nc4ccc(OCc5cccc(F)c5)c(Cl)c4)c3c2)c1. The number of ether oxygens (including phenoxy) is 1. The molecule has 8 heteroatoms. The molecule has 5 aromatic rings. The fourth-order valence-corrected chi connectivity index (χ4v) is 4.72. The molecular formula is C31H28ClFN4O2. The quantitative estimate of drug-likeness (QED) is 0.172. The number of nitrogens with zero attached hydrogens (tertiary/aromatic N) is 3. The van der Waals surface area contributed by atoms with E-state index in [0.717, 1.165) is 52.5 Å². The number of benzene rings is 3. The van der Waals surface area contributed by atoms with Gasteiger partial charge in [0.05, 0.1) is 10.5 Å². The zero-order valence-corrected chi connectivity index (χ0v) is 22.2. The topological polar surface area (TPSA) is 69.0 Å². The number of hydrogen-bond donors (Lipinski definition) is 1. The average molecular weight is 543 g/mol. The first kappa shape index (κ1) is 26.4. The van der Waals surface area contributed by atoms with E-state index in [-0.39, 0.29) is 12.4 Å². The van der Waals surface area contributed by atoms with Crippen LogP contribution in [0.5, 0.6) is 5.75 Å². The van der Waals surface area contributed by atoms with Crippen molar-refractivity contribution in [1.29, 1.82) is 0 Å². The molecular weight excluding hydrogens is 515 g/mol. The fourth-order valence-electron chi connectivity index (χ4n) is 4.49. The summed E-state index contributed by atoms with van der Waals surface area (Å²) < 4.78 is 21.4. The van der Waals surface area contributed by atoms with Crippen molar-refractivity contribution >= 4 is 40.3 Å². The lowest BCUT2D eigenvalue weighted by atomic mass is 10.0. The minimum atomic E-state index is -0.306. The molecule has 0 spiro atoms. The summed E-state index contributed by atoms with van der Waals surface area (Å²) in [4.78, 5) is 19.9. The highest BCUT2D eigenvalue weighted by molar-refractivity contribution is 6.32. The average Bonchev–Trinajstić information content (AvgIpc) is 3.41. The second-order valence-electron chi connectivity index (χ2n) is 9.42.